The highest BCUT2D eigenvalue weighted by molar-refractivity contribution is 5.79. The summed E-state index contributed by atoms with van der Waals surface area (Å²) in [5.41, 5.74) is 2.29. The summed E-state index contributed by atoms with van der Waals surface area (Å²) in [6, 6.07) is 20.6. The predicted octanol–water partition coefficient (Wildman–Crippen LogP) is 3.91. The molecule has 3 nitrogen and oxygen atoms in total. The lowest BCUT2D eigenvalue weighted by Crippen LogP contribution is -2.41. The second kappa shape index (κ2) is 8.82. The van der Waals surface area contributed by atoms with Crippen LogP contribution >= 0.6 is 0 Å². The average Bonchev–Trinajstić information content (AvgIpc) is 2.68. The van der Waals surface area contributed by atoms with Gasteiger partial charge in [-0.25, -0.2) is 0 Å². The molecule has 1 unspecified atom stereocenters. The van der Waals surface area contributed by atoms with E-state index in [2.05, 4.69) is 29.2 Å². The second-order valence-electron chi connectivity index (χ2n) is 6.95. The zero-order valence-electron chi connectivity index (χ0n) is 15.1. The standard InChI is InChI=1S/C22H28N2O/c1-23(22(25)17-19-11-5-2-6-12-19)21(20-13-7-3-8-14-20)18-24-15-9-4-10-16-24/h2-3,5-8,11-14,21H,4,9-10,15-18H2,1H3. The van der Waals surface area contributed by atoms with Gasteiger partial charge in [-0.3, -0.25) is 4.79 Å². The molecule has 132 valence electrons. The number of piperidine rings is 1. The maximum Gasteiger partial charge on any atom is 0.227 e. The van der Waals surface area contributed by atoms with E-state index in [4.69, 9.17) is 0 Å². The first-order chi connectivity index (χ1) is 12.2. The van der Waals surface area contributed by atoms with Gasteiger partial charge in [0.15, 0.2) is 0 Å². The van der Waals surface area contributed by atoms with E-state index in [9.17, 15) is 4.79 Å². The summed E-state index contributed by atoms with van der Waals surface area (Å²) in [5, 5.41) is 0. The number of rotatable bonds is 6. The van der Waals surface area contributed by atoms with Gasteiger partial charge in [-0.15, -0.1) is 0 Å². The Labute approximate surface area is 151 Å². The van der Waals surface area contributed by atoms with Crippen LogP contribution in [-0.2, 0) is 11.2 Å². The molecule has 25 heavy (non-hydrogen) atoms. The fourth-order valence-corrected chi connectivity index (χ4v) is 3.58. The van der Waals surface area contributed by atoms with Crippen molar-refractivity contribution in [3.8, 4) is 0 Å². The summed E-state index contributed by atoms with van der Waals surface area (Å²) in [6.07, 6.45) is 4.32. The smallest absolute Gasteiger partial charge is 0.227 e. The Kier molecular flexibility index (Phi) is 6.24. The lowest BCUT2D eigenvalue weighted by molar-refractivity contribution is -0.131. The number of carbonyl (C=O) groups excluding carboxylic acids is 1. The highest BCUT2D eigenvalue weighted by Crippen LogP contribution is 2.23. The van der Waals surface area contributed by atoms with Crippen LogP contribution in [0.5, 0.6) is 0 Å². The number of hydrogen-bond acceptors (Lipinski definition) is 2. The van der Waals surface area contributed by atoms with Crippen LogP contribution in [-0.4, -0.2) is 42.4 Å². The first-order valence-electron chi connectivity index (χ1n) is 9.31. The maximum absolute atomic E-state index is 12.9. The van der Waals surface area contributed by atoms with Crippen LogP contribution < -0.4 is 0 Å². The number of amides is 1. The zero-order valence-corrected chi connectivity index (χ0v) is 15.1. The lowest BCUT2D eigenvalue weighted by Gasteiger charge is -2.35. The summed E-state index contributed by atoms with van der Waals surface area (Å²) in [7, 11) is 1.95. The number of hydrogen-bond donors (Lipinski definition) is 0. The fraction of sp³-hybridized carbons (Fsp3) is 0.409. The molecular formula is C22H28N2O. The van der Waals surface area contributed by atoms with Crippen molar-refractivity contribution in [3.63, 3.8) is 0 Å². The summed E-state index contributed by atoms with van der Waals surface area (Å²) in [6.45, 7) is 3.20. The van der Waals surface area contributed by atoms with Gasteiger partial charge >= 0.3 is 0 Å². The summed E-state index contributed by atoms with van der Waals surface area (Å²) in [5.74, 6) is 0.178. The molecule has 0 N–H and O–H groups in total. The van der Waals surface area contributed by atoms with Crippen LogP contribution in [0, 0.1) is 0 Å². The Morgan fingerprint density at radius 1 is 0.960 bits per heavy atom. The fourth-order valence-electron chi connectivity index (χ4n) is 3.58. The predicted molar refractivity (Wildman–Crippen MR) is 102 cm³/mol. The molecule has 1 heterocycles. The molecule has 1 atom stereocenters. The minimum Gasteiger partial charge on any atom is -0.337 e. The largest absolute Gasteiger partial charge is 0.337 e. The number of nitrogens with zero attached hydrogens (tertiary/aromatic N) is 2. The molecule has 0 aliphatic carbocycles. The van der Waals surface area contributed by atoms with Crippen LogP contribution in [0.25, 0.3) is 0 Å². The van der Waals surface area contributed by atoms with E-state index in [-0.39, 0.29) is 11.9 Å². The monoisotopic (exact) mass is 336 g/mol. The molecule has 1 aliphatic rings. The molecule has 1 aliphatic heterocycles. The van der Waals surface area contributed by atoms with Crippen molar-refractivity contribution in [1.29, 1.82) is 0 Å². The minimum atomic E-state index is 0.107. The third-order valence-electron chi connectivity index (χ3n) is 5.12. The molecule has 0 spiro atoms. The zero-order chi connectivity index (χ0) is 17.5. The third-order valence-corrected chi connectivity index (χ3v) is 5.12. The van der Waals surface area contributed by atoms with Gasteiger partial charge in [0.2, 0.25) is 5.91 Å². The molecule has 0 radical (unpaired) electrons. The highest BCUT2D eigenvalue weighted by Gasteiger charge is 2.24. The Morgan fingerprint density at radius 2 is 1.56 bits per heavy atom. The molecule has 2 aromatic rings. The number of likely N-dealkylation sites (N-methyl/N-ethyl adjacent to an activating group) is 1. The van der Waals surface area contributed by atoms with E-state index in [1.54, 1.807) is 0 Å². The second-order valence-corrected chi connectivity index (χ2v) is 6.95. The van der Waals surface area contributed by atoms with Gasteiger partial charge in [-0.2, -0.15) is 0 Å². The van der Waals surface area contributed by atoms with Crippen molar-refractivity contribution < 1.29 is 4.79 Å². The Bertz CT molecular complexity index is 650. The topological polar surface area (TPSA) is 23.6 Å². The van der Waals surface area contributed by atoms with Crippen molar-refractivity contribution in [2.45, 2.75) is 31.7 Å². The van der Waals surface area contributed by atoms with E-state index >= 15 is 0 Å². The van der Waals surface area contributed by atoms with Crippen molar-refractivity contribution in [3.05, 3.63) is 71.8 Å². The average molecular weight is 336 g/mol. The van der Waals surface area contributed by atoms with E-state index in [0.717, 1.165) is 25.2 Å². The van der Waals surface area contributed by atoms with Gasteiger partial charge in [0.1, 0.15) is 0 Å². The first kappa shape index (κ1) is 17.7. The van der Waals surface area contributed by atoms with E-state index in [1.807, 2.05) is 48.3 Å². The van der Waals surface area contributed by atoms with Crippen LogP contribution in [0.4, 0.5) is 0 Å². The van der Waals surface area contributed by atoms with Gasteiger partial charge in [0.05, 0.1) is 12.5 Å². The highest BCUT2D eigenvalue weighted by atomic mass is 16.2. The van der Waals surface area contributed by atoms with Crippen LogP contribution in [0.3, 0.4) is 0 Å². The van der Waals surface area contributed by atoms with Crippen molar-refractivity contribution in [2.75, 3.05) is 26.7 Å². The van der Waals surface area contributed by atoms with E-state index < -0.39 is 0 Å². The molecule has 3 heteroatoms. The van der Waals surface area contributed by atoms with Crippen LogP contribution in [0.2, 0.25) is 0 Å². The Balaban J connectivity index is 1.74. The quantitative estimate of drug-likeness (QED) is 0.798. The molecule has 0 aromatic heterocycles. The summed E-state index contributed by atoms with van der Waals surface area (Å²) in [4.78, 5) is 17.3. The summed E-state index contributed by atoms with van der Waals surface area (Å²) >= 11 is 0. The Hall–Kier alpha value is -2.13. The molecular weight excluding hydrogens is 308 g/mol. The van der Waals surface area contributed by atoms with E-state index in [1.165, 1.54) is 24.8 Å². The van der Waals surface area contributed by atoms with Gasteiger partial charge in [-0.05, 0) is 37.1 Å². The minimum absolute atomic E-state index is 0.107. The first-order valence-corrected chi connectivity index (χ1v) is 9.31. The lowest BCUT2D eigenvalue weighted by atomic mass is 10.0. The number of carbonyl (C=O) groups is 1. The molecule has 1 amide bonds. The molecule has 3 rings (SSSR count). The molecule has 0 bridgehead atoms. The van der Waals surface area contributed by atoms with Gasteiger partial charge in [-0.1, -0.05) is 67.1 Å². The molecule has 1 saturated heterocycles. The normalized spacial score (nSPS) is 16.4. The molecule has 0 saturated carbocycles. The van der Waals surface area contributed by atoms with Gasteiger partial charge in [0.25, 0.3) is 0 Å². The van der Waals surface area contributed by atoms with Crippen molar-refractivity contribution in [2.24, 2.45) is 0 Å². The van der Waals surface area contributed by atoms with Gasteiger partial charge < -0.3 is 9.80 Å². The van der Waals surface area contributed by atoms with Gasteiger partial charge in [0, 0.05) is 13.6 Å². The summed E-state index contributed by atoms with van der Waals surface area (Å²) < 4.78 is 0. The third kappa shape index (κ3) is 4.93. The number of benzene rings is 2. The maximum atomic E-state index is 12.9. The molecule has 1 fully saturated rings. The van der Waals surface area contributed by atoms with Crippen molar-refractivity contribution >= 4 is 5.91 Å². The molecule has 2 aromatic carbocycles. The Morgan fingerprint density at radius 3 is 2.20 bits per heavy atom. The van der Waals surface area contributed by atoms with Crippen LogP contribution in [0.15, 0.2) is 60.7 Å². The SMILES string of the molecule is CN(C(=O)Cc1ccccc1)C(CN1CCCCC1)c1ccccc1. The van der Waals surface area contributed by atoms with E-state index in [0.29, 0.717) is 6.42 Å². The van der Waals surface area contributed by atoms with Crippen molar-refractivity contribution in [1.82, 2.24) is 9.80 Å². The number of likely N-dealkylation sites (tertiary alicyclic amines) is 1. The van der Waals surface area contributed by atoms with Crippen LogP contribution in [0.1, 0.15) is 36.4 Å².